The summed E-state index contributed by atoms with van der Waals surface area (Å²) >= 11 is 1.26. The summed E-state index contributed by atoms with van der Waals surface area (Å²) in [5.74, 6) is 1.61. The van der Waals surface area contributed by atoms with E-state index in [2.05, 4.69) is 15.5 Å². The van der Waals surface area contributed by atoms with E-state index in [1.807, 2.05) is 11.5 Å². The molecule has 3 aromatic rings. The van der Waals surface area contributed by atoms with Crippen LogP contribution >= 0.6 is 11.8 Å². The Morgan fingerprint density at radius 2 is 1.81 bits per heavy atom. The van der Waals surface area contributed by atoms with Crippen molar-refractivity contribution >= 4 is 33.4 Å². The highest BCUT2D eigenvalue weighted by Crippen LogP contribution is 2.30. The van der Waals surface area contributed by atoms with Gasteiger partial charge in [-0.15, -0.1) is 10.2 Å². The monoisotopic (exact) mass is 547 g/mol. The molecule has 0 atom stereocenters. The summed E-state index contributed by atoms with van der Waals surface area (Å²) in [6, 6.07) is 11.8. The van der Waals surface area contributed by atoms with Gasteiger partial charge in [-0.3, -0.25) is 4.79 Å². The minimum Gasteiger partial charge on any atom is -0.497 e. The van der Waals surface area contributed by atoms with Crippen LogP contribution in [0.5, 0.6) is 11.5 Å². The van der Waals surface area contributed by atoms with E-state index in [9.17, 15) is 13.2 Å². The second kappa shape index (κ2) is 11.9. The van der Waals surface area contributed by atoms with Crippen molar-refractivity contribution < 1.29 is 27.4 Å². The number of methoxy groups -OCH3 is 2. The molecular weight excluding hydrogens is 518 g/mol. The van der Waals surface area contributed by atoms with Crippen LogP contribution in [0.4, 0.5) is 5.69 Å². The number of hydrogen-bond acceptors (Lipinski definition) is 9. The van der Waals surface area contributed by atoms with Crippen LogP contribution in [0, 0.1) is 0 Å². The Balaban J connectivity index is 1.44. The molecule has 2 aromatic carbocycles. The largest absolute Gasteiger partial charge is 0.497 e. The Bertz CT molecular complexity index is 1340. The van der Waals surface area contributed by atoms with Gasteiger partial charge in [0, 0.05) is 31.3 Å². The molecule has 1 N–H and O–H groups in total. The third kappa shape index (κ3) is 6.06. The number of anilines is 1. The lowest BCUT2D eigenvalue weighted by atomic mass is 10.2. The molecule has 1 aromatic heterocycles. The molecule has 1 saturated heterocycles. The fraction of sp³-hybridized carbons (Fsp3) is 0.375. The first kappa shape index (κ1) is 26.9. The van der Waals surface area contributed by atoms with Crippen molar-refractivity contribution in [1.82, 2.24) is 19.1 Å². The first-order chi connectivity index (χ1) is 17.9. The molecular formula is C24H29N5O6S2. The van der Waals surface area contributed by atoms with Gasteiger partial charge in [-0.1, -0.05) is 11.8 Å². The van der Waals surface area contributed by atoms with Crippen LogP contribution in [0.2, 0.25) is 0 Å². The molecule has 2 heterocycles. The van der Waals surface area contributed by atoms with Crippen molar-refractivity contribution in [1.29, 1.82) is 0 Å². The van der Waals surface area contributed by atoms with E-state index in [-0.39, 0.29) is 16.6 Å². The number of amides is 1. The van der Waals surface area contributed by atoms with E-state index in [0.29, 0.717) is 61.0 Å². The highest BCUT2D eigenvalue weighted by molar-refractivity contribution is 7.99. The summed E-state index contributed by atoms with van der Waals surface area (Å²) < 4.78 is 44.9. The van der Waals surface area contributed by atoms with E-state index in [4.69, 9.17) is 14.2 Å². The van der Waals surface area contributed by atoms with Crippen molar-refractivity contribution in [3.63, 3.8) is 0 Å². The average Bonchev–Trinajstić information content (AvgIpc) is 3.35. The molecule has 0 spiro atoms. The Morgan fingerprint density at radius 3 is 2.46 bits per heavy atom. The van der Waals surface area contributed by atoms with Gasteiger partial charge in [0.15, 0.2) is 11.0 Å². The molecule has 0 unspecified atom stereocenters. The van der Waals surface area contributed by atoms with Crippen LogP contribution in [0.25, 0.3) is 11.4 Å². The molecule has 0 radical (unpaired) electrons. The summed E-state index contributed by atoms with van der Waals surface area (Å²) in [4.78, 5) is 12.8. The SMILES string of the molecule is CCn1c(SCC(=O)Nc2ccc(OC)cc2OC)nnc1-c1ccc(S(=O)(=O)N2CCOCC2)cc1. The Kier molecular flexibility index (Phi) is 8.69. The fourth-order valence-corrected chi connectivity index (χ4v) is 6.03. The van der Waals surface area contributed by atoms with E-state index < -0.39 is 10.0 Å². The van der Waals surface area contributed by atoms with Crippen molar-refractivity contribution in [3.8, 4) is 22.9 Å². The average molecular weight is 548 g/mol. The van der Waals surface area contributed by atoms with Gasteiger partial charge in [0.1, 0.15) is 11.5 Å². The number of benzene rings is 2. The summed E-state index contributed by atoms with van der Waals surface area (Å²) in [7, 11) is -0.497. The number of aromatic nitrogens is 3. The zero-order valence-corrected chi connectivity index (χ0v) is 22.5. The fourth-order valence-electron chi connectivity index (χ4n) is 3.82. The highest BCUT2D eigenvalue weighted by atomic mass is 32.2. The number of ether oxygens (including phenoxy) is 3. The molecule has 11 nitrogen and oxygen atoms in total. The van der Waals surface area contributed by atoms with Gasteiger partial charge >= 0.3 is 0 Å². The zero-order chi connectivity index (χ0) is 26.4. The lowest BCUT2D eigenvalue weighted by molar-refractivity contribution is -0.113. The number of hydrogen-bond donors (Lipinski definition) is 1. The summed E-state index contributed by atoms with van der Waals surface area (Å²) in [6.45, 7) is 4.00. The smallest absolute Gasteiger partial charge is 0.243 e. The Hall–Kier alpha value is -3.13. The van der Waals surface area contributed by atoms with Crippen molar-refractivity contribution in [2.75, 3.05) is 51.6 Å². The number of morpholine rings is 1. The minimum atomic E-state index is -3.58. The minimum absolute atomic E-state index is 0.115. The maximum absolute atomic E-state index is 12.9. The number of carbonyl (C=O) groups is 1. The second-order valence-electron chi connectivity index (χ2n) is 7.99. The van der Waals surface area contributed by atoms with Gasteiger partial charge in [-0.25, -0.2) is 8.42 Å². The maximum atomic E-state index is 12.9. The van der Waals surface area contributed by atoms with Gasteiger partial charge in [-0.05, 0) is 43.3 Å². The molecule has 37 heavy (non-hydrogen) atoms. The third-order valence-corrected chi connectivity index (χ3v) is 8.65. The van der Waals surface area contributed by atoms with E-state index in [0.717, 1.165) is 5.56 Å². The summed E-state index contributed by atoms with van der Waals surface area (Å²) in [5.41, 5.74) is 1.27. The first-order valence-electron chi connectivity index (χ1n) is 11.6. The molecule has 4 rings (SSSR count). The molecule has 0 aliphatic carbocycles. The number of nitrogens with zero attached hydrogens (tertiary/aromatic N) is 4. The number of carbonyl (C=O) groups excluding carboxylic acids is 1. The van der Waals surface area contributed by atoms with Crippen LogP contribution in [0.15, 0.2) is 52.5 Å². The zero-order valence-electron chi connectivity index (χ0n) is 20.8. The van der Waals surface area contributed by atoms with Crippen LogP contribution in [0.1, 0.15) is 6.92 Å². The predicted molar refractivity (Wildman–Crippen MR) is 140 cm³/mol. The summed E-state index contributed by atoms with van der Waals surface area (Å²) in [6.07, 6.45) is 0. The lowest BCUT2D eigenvalue weighted by Gasteiger charge is -2.26. The third-order valence-electron chi connectivity index (χ3n) is 5.77. The number of rotatable bonds is 10. The van der Waals surface area contributed by atoms with Crippen LogP contribution < -0.4 is 14.8 Å². The van der Waals surface area contributed by atoms with Crippen LogP contribution in [-0.4, -0.2) is 79.7 Å². The standard InChI is InChI=1S/C24H29N5O6S2/c1-4-29-23(17-5-8-19(9-6-17)37(31,32)28-11-13-35-14-12-28)26-27-24(29)36-16-22(30)25-20-10-7-18(33-2)15-21(20)34-3/h5-10,15H,4,11-14,16H2,1-3H3,(H,25,30). The van der Waals surface area contributed by atoms with Gasteiger partial charge < -0.3 is 24.1 Å². The van der Waals surface area contributed by atoms with Crippen molar-refractivity contribution in [3.05, 3.63) is 42.5 Å². The lowest BCUT2D eigenvalue weighted by Crippen LogP contribution is -2.40. The van der Waals surface area contributed by atoms with Gasteiger partial charge in [0.25, 0.3) is 0 Å². The van der Waals surface area contributed by atoms with Crippen LogP contribution in [0.3, 0.4) is 0 Å². The summed E-state index contributed by atoms with van der Waals surface area (Å²) in [5, 5.41) is 12.0. The predicted octanol–water partition coefficient (Wildman–Crippen LogP) is 2.73. The quantitative estimate of drug-likeness (QED) is 0.382. The van der Waals surface area contributed by atoms with Crippen molar-refractivity contribution in [2.45, 2.75) is 23.5 Å². The van der Waals surface area contributed by atoms with Gasteiger partial charge in [0.05, 0.1) is 43.8 Å². The molecule has 1 aliphatic heterocycles. The van der Waals surface area contributed by atoms with Crippen molar-refractivity contribution in [2.24, 2.45) is 0 Å². The first-order valence-corrected chi connectivity index (χ1v) is 14.1. The van der Waals surface area contributed by atoms with Crippen LogP contribution in [-0.2, 0) is 26.1 Å². The number of nitrogens with one attached hydrogen (secondary N) is 1. The molecule has 0 bridgehead atoms. The Morgan fingerprint density at radius 1 is 1.08 bits per heavy atom. The normalized spacial score (nSPS) is 14.4. The van der Waals surface area contributed by atoms with Gasteiger partial charge in [-0.2, -0.15) is 4.31 Å². The molecule has 0 saturated carbocycles. The highest BCUT2D eigenvalue weighted by Gasteiger charge is 2.26. The Labute approximate surface area is 220 Å². The molecule has 198 valence electrons. The molecule has 1 aliphatic rings. The molecule has 13 heteroatoms. The molecule has 1 amide bonds. The van der Waals surface area contributed by atoms with E-state index in [1.54, 1.807) is 49.6 Å². The van der Waals surface area contributed by atoms with Gasteiger partial charge in [0.2, 0.25) is 15.9 Å². The molecule has 1 fully saturated rings. The number of sulfonamides is 1. The second-order valence-corrected chi connectivity index (χ2v) is 10.9. The topological polar surface area (TPSA) is 125 Å². The number of thioether (sulfide) groups is 1. The van der Waals surface area contributed by atoms with E-state index >= 15 is 0 Å². The maximum Gasteiger partial charge on any atom is 0.243 e. The van der Waals surface area contributed by atoms with E-state index in [1.165, 1.54) is 23.2 Å².